The van der Waals surface area contributed by atoms with E-state index in [2.05, 4.69) is 48.3 Å². The van der Waals surface area contributed by atoms with Crippen LogP contribution < -0.4 is 10.6 Å². The maximum absolute atomic E-state index is 4.62. The van der Waals surface area contributed by atoms with E-state index in [9.17, 15) is 0 Å². The number of unbranched alkanes of at least 4 members (excludes halogenated alkanes) is 1. The van der Waals surface area contributed by atoms with Crippen LogP contribution in [0.25, 0.3) is 0 Å². The molecule has 1 aliphatic carbocycles. The molecule has 0 amide bonds. The third-order valence-electron chi connectivity index (χ3n) is 3.66. The Labute approximate surface area is 119 Å². The molecule has 19 heavy (non-hydrogen) atoms. The summed E-state index contributed by atoms with van der Waals surface area (Å²) in [5.41, 5.74) is 0. The van der Waals surface area contributed by atoms with E-state index in [1.807, 2.05) is 0 Å². The van der Waals surface area contributed by atoms with Crippen molar-refractivity contribution in [3.63, 3.8) is 0 Å². The van der Waals surface area contributed by atoms with Gasteiger partial charge >= 0.3 is 0 Å². The van der Waals surface area contributed by atoms with Crippen molar-refractivity contribution in [1.29, 1.82) is 0 Å². The van der Waals surface area contributed by atoms with Crippen molar-refractivity contribution in [2.45, 2.75) is 52.5 Å². The SMILES string of the molecule is CCNC(=NCC1CC1)NCCCCN(C)C(C)C. The van der Waals surface area contributed by atoms with Gasteiger partial charge in [0.25, 0.3) is 0 Å². The third-order valence-corrected chi connectivity index (χ3v) is 3.66. The highest BCUT2D eigenvalue weighted by atomic mass is 15.2. The monoisotopic (exact) mass is 268 g/mol. The van der Waals surface area contributed by atoms with Crippen LogP contribution in [0.3, 0.4) is 0 Å². The summed E-state index contributed by atoms with van der Waals surface area (Å²) in [7, 11) is 2.19. The quantitative estimate of drug-likeness (QED) is 0.382. The predicted octanol–water partition coefficient (Wildman–Crippen LogP) is 2.07. The highest BCUT2D eigenvalue weighted by Gasteiger charge is 2.20. The van der Waals surface area contributed by atoms with Crippen molar-refractivity contribution in [1.82, 2.24) is 15.5 Å². The van der Waals surface area contributed by atoms with Crippen LogP contribution in [0.15, 0.2) is 4.99 Å². The van der Waals surface area contributed by atoms with Gasteiger partial charge in [-0.2, -0.15) is 0 Å². The Balaban J connectivity index is 2.08. The highest BCUT2D eigenvalue weighted by Crippen LogP contribution is 2.28. The van der Waals surface area contributed by atoms with Crippen LogP contribution in [-0.2, 0) is 0 Å². The molecule has 1 aliphatic rings. The normalized spacial score (nSPS) is 16.2. The number of guanidine groups is 1. The summed E-state index contributed by atoms with van der Waals surface area (Å²) in [5.74, 6) is 1.85. The maximum atomic E-state index is 4.62. The lowest BCUT2D eigenvalue weighted by Gasteiger charge is -2.20. The van der Waals surface area contributed by atoms with E-state index in [-0.39, 0.29) is 0 Å². The average molecular weight is 268 g/mol. The van der Waals surface area contributed by atoms with Crippen LogP contribution in [0.4, 0.5) is 0 Å². The van der Waals surface area contributed by atoms with E-state index in [0.717, 1.165) is 31.5 Å². The molecular formula is C15H32N4. The fourth-order valence-corrected chi connectivity index (χ4v) is 1.81. The first-order chi connectivity index (χ1) is 9.13. The van der Waals surface area contributed by atoms with E-state index in [1.165, 1.54) is 32.2 Å². The lowest BCUT2D eigenvalue weighted by Crippen LogP contribution is -2.38. The molecule has 2 N–H and O–H groups in total. The van der Waals surface area contributed by atoms with Gasteiger partial charge in [0.15, 0.2) is 5.96 Å². The number of rotatable bonds is 9. The van der Waals surface area contributed by atoms with E-state index in [0.29, 0.717) is 6.04 Å². The minimum Gasteiger partial charge on any atom is -0.357 e. The molecular weight excluding hydrogens is 236 g/mol. The maximum Gasteiger partial charge on any atom is 0.191 e. The largest absolute Gasteiger partial charge is 0.357 e. The zero-order chi connectivity index (χ0) is 14.1. The van der Waals surface area contributed by atoms with Crippen LogP contribution in [-0.4, -0.2) is 50.1 Å². The Bertz CT molecular complexity index is 259. The summed E-state index contributed by atoms with van der Waals surface area (Å²) in [6, 6.07) is 0.644. The van der Waals surface area contributed by atoms with E-state index in [4.69, 9.17) is 0 Å². The smallest absolute Gasteiger partial charge is 0.191 e. The third kappa shape index (κ3) is 8.09. The van der Waals surface area contributed by atoms with Crippen molar-refractivity contribution >= 4 is 5.96 Å². The van der Waals surface area contributed by atoms with E-state index >= 15 is 0 Å². The minimum atomic E-state index is 0.644. The second-order valence-electron chi connectivity index (χ2n) is 5.87. The van der Waals surface area contributed by atoms with Crippen LogP contribution in [0, 0.1) is 5.92 Å². The van der Waals surface area contributed by atoms with Crippen molar-refractivity contribution in [3.05, 3.63) is 0 Å². The molecule has 4 nitrogen and oxygen atoms in total. The Morgan fingerprint density at radius 3 is 2.58 bits per heavy atom. The first-order valence-electron chi connectivity index (χ1n) is 7.86. The number of hydrogen-bond donors (Lipinski definition) is 2. The van der Waals surface area contributed by atoms with Gasteiger partial charge in [-0.05, 0) is 66.0 Å². The van der Waals surface area contributed by atoms with Crippen LogP contribution in [0.2, 0.25) is 0 Å². The molecule has 112 valence electrons. The number of nitrogens with one attached hydrogen (secondary N) is 2. The second kappa shape index (κ2) is 9.18. The molecule has 0 spiro atoms. The van der Waals surface area contributed by atoms with Crippen molar-refractivity contribution in [2.24, 2.45) is 10.9 Å². The summed E-state index contributed by atoms with van der Waals surface area (Å²) in [6.07, 6.45) is 5.17. The lowest BCUT2D eigenvalue weighted by molar-refractivity contribution is 0.268. The Morgan fingerprint density at radius 1 is 1.26 bits per heavy atom. The topological polar surface area (TPSA) is 39.7 Å². The van der Waals surface area contributed by atoms with Gasteiger partial charge in [0.05, 0.1) is 0 Å². The average Bonchev–Trinajstić information content (AvgIpc) is 3.19. The number of hydrogen-bond acceptors (Lipinski definition) is 2. The molecule has 1 rings (SSSR count). The van der Waals surface area contributed by atoms with Crippen LogP contribution in [0.5, 0.6) is 0 Å². The van der Waals surface area contributed by atoms with Crippen LogP contribution in [0.1, 0.15) is 46.5 Å². The van der Waals surface area contributed by atoms with Crippen molar-refractivity contribution in [2.75, 3.05) is 33.2 Å². The molecule has 0 atom stereocenters. The molecule has 0 heterocycles. The van der Waals surface area contributed by atoms with Gasteiger partial charge in [0.1, 0.15) is 0 Å². The summed E-state index contributed by atoms with van der Waals surface area (Å²) < 4.78 is 0. The fourth-order valence-electron chi connectivity index (χ4n) is 1.81. The summed E-state index contributed by atoms with van der Waals surface area (Å²) >= 11 is 0. The van der Waals surface area contributed by atoms with Gasteiger partial charge in [0, 0.05) is 25.7 Å². The molecule has 0 saturated heterocycles. The molecule has 0 unspecified atom stereocenters. The second-order valence-corrected chi connectivity index (χ2v) is 5.87. The zero-order valence-corrected chi connectivity index (χ0v) is 13.2. The number of aliphatic imine (C=N–C) groups is 1. The Morgan fingerprint density at radius 2 is 2.00 bits per heavy atom. The molecule has 0 radical (unpaired) electrons. The molecule has 1 saturated carbocycles. The van der Waals surface area contributed by atoms with Gasteiger partial charge in [-0.3, -0.25) is 4.99 Å². The first-order valence-corrected chi connectivity index (χ1v) is 7.86. The highest BCUT2D eigenvalue weighted by molar-refractivity contribution is 5.79. The molecule has 0 aliphatic heterocycles. The molecule has 0 bridgehead atoms. The predicted molar refractivity (Wildman–Crippen MR) is 83.7 cm³/mol. The van der Waals surface area contributed by atoms with Crippen LogP contribution >= 0.6 is 0 Å². The Kier molecular flexibility index (Phi) is 7.87. The summed E-state index contributed by atoms with van der Waals surface area (Å²) in [6.45, 7) is 10.7. The molecule has 0 aromatic heterocycles. The van der Waals surface area contributed by atoms with Gasteiger partial charge in [-0.15, -0.1) is 0 Å². The molecule has 1 fully saturated rings. The van der Waals surface area contributed by atoms with Gasteiger partial charge in [-0.25, -0.2) is 0 Å². The van der Waals surface area contributed by atoms with E-state index in [1.54, 1.807) is 0 Å². The molecule has 4 heteroatoms. The fraction of sp³-hybridized carbons (Fsp3) is 0.933. The Hall–Kier alpha value is -0.770. The standard InChI is InChI=1S/C15H32N4/c1-5-16-15(18-12-14-8-9-14)17-10-6-7-11-19(4)13(2)3/h13-14H,5-12H2,1-4H3,(H2,16,17,18). The van der Waals surface area contributed by atoms with E-state index < -0.39 is 0 Å². The van der Waals surface area contributed by atoms with Gasteiger partial charge in [0.2, 0.25) is 0 Å². The lowest BCUT2D eigenvalue weighted by atomic mass is 10.2. The molecule has 0 aromatic rings. The van der Waals surface area contributed by atoms with Crippen molar-refractivity contribution in [3.8, 4) is 0 Å². The molecule has 0 aromatic carbocycles. The minimum absolute atomic E-state index is 0.644. The van der Waals surface area contributed by atoms with Crippen molar-refractivity contribution < 1.29 is 0 Å². The van der Waals surface area contributed by atoms with Gasteiger partial charge < -0.3 is 15.5 Å². The zero-order valence-electron chi connectivity index (χ0n) is 13.2. The summed E-state index contributed by atoms with van der Waals surface area (Å²) in [5, 5.41) is 6.74. The van der Waals surface area contributed by atoms with Gasteiger partial charge in [-0.1, -0.05) is 0 Å². The first kappa shape index (κ1) is 16.3. The summed E-state index contributed by atoms with van der Waals surface area (Å²) in [4.78, 5) is 7.02. The number of nitrogens with zero attached hydrogens (tertiary/aromatic N) is 2.